The van der Waals surface area contributed by atoms with E-state index in [2.05, 4.69) is 36.5 Å². The van der Waals surface area contributed by atoms with Crippen LogP contribution in [0.5, 0.6) is 0 Å². The van der Waals surface area contributed by atoms with E-state index >= 15 is 0 Å². The lowest BCUT2D eigenvalue weighted by Crippen LogP contribution is -2.33. The zero-order chi connectivity index (χ0) is 15.8. The molecule has 0 heterocycles. The van der Waals surface area contributed by atoms with Gasteiger partial charge < -0.3 is 10.4 Å². The molecular formula is C17H25NO3. The second kappa shape index (κ2) is 8.45. The van der Waals surface area contributed by atoms with Gasteiger partial charge in [0.05, 0.1) is 0 Å². The van der Waals surface area contributed by atoms with Crippen molar-refractivity contribution < 1.29 is 14.7 Å². The second-order valence-electron chi connectivity index (χ2n) is 5.60. The van der Waals surface area contributed by atoms with Crippen LogP contribution in [-0.2, 0) is 16.0 Å². The van der Waals surface area contributed by atoms with Gasteiger partial charge in [-0.2, -0.15) is 0 Å². The van der Waals surface area contributed by atoms with E-state index in [0.717, 1.165) is 12.0 Å². The van der Waals surface area contributed by atoms with Gasteiger partial charge in [-0.1, -0.05) is 38.1 Å². The summed E-state index contributed by atoms with van der Waals surface area (Å²) in [6.07, 6.45) is 1.97. The van der Waals surface area contributed by atoms with E-state index in [0.29, 0.717) is 12.8 Å². The van der Waals surface area contributed by atoms with Gasteiger partial charge in [0.25, 0.3) is 0 Å². The molecule has 4 nitrogen and oxygen atoms in total. The van der Waals surface area contributed by atoms with Crippen LogP contribution in [0.25, 0.3) is 0 Å². The first-order chi connectivity index (χ1) is 9.92. The minimum atomic E-state index is -0.833. The Bertz CT molecular complexity index is 467. The van der Waals surface area contributed by atoms with Crippen LogP contribution in [0, 0.1) is 0 Å². The van der Waals surface area contributed by atoms with Gasteiger partial charge in [-0.25, -0.2) is 0 Å². The molecule has 0 aliphatic rings. The molecule has 1 aromatic carbocycles. The number of aliphatic carboxylic acids is 1. The number of hydrogen-bond acceptors (Lipinski definition) is 2. The molecule has 0 bridgehead atoms. The summed E-state index contributed by atoms with van der Waals surface area (Å²) in [5.74, 6) is -0.706. The van der Waals surface area contributed by atoms with Gasteiger partial charge in [0.15, 0.2) is 0 Å². The highest BCUT2D eigenvalue weighted by Crippen LogP contribution is 2.19. The maximum Gasteiger partial charge on any atom is 0.303 e. The smallest absolute Gasteiger partial charge is 0.303 e. The highest BCUT2D eigenvalue weighted by molar-refractivity contribution is 5.77. The first-order valence-electron chi connectivity index (χ1n) is 7.52. The van der Waals surface area contributed by atoms with Crippen molar-refractivity contribution in [2.45, 2.75) is 58.4 Å². The van der Waals surface area contributed by atoms with Crippen molar-refractivity contribution in [2.24, 2.45) is 0 Å². The minimum absolute atomic E-state index is 0.0278. The third-order valence-corrected chi connectivity index (χ3v) is 3.65. The molecule has 116 valence electrons. The molecule has 0 saturated heterocycles. The first kappa shape index (κ1) is 17.2. The summed E-state index contributed by atoms with van der Waals surface area (Å²) in [4.78, 5) is 22.4. The number of carboxylic acids is 1. The molecule has 1 rings (SSSR count). The lowest BCUT2D eigenvalue weighted by Gasteiger charge is -2.16. The maximum atomic E-state index is 11.9. The minimum Gasteiger partial charge on any atom is -0.481 e. The van der Waals surface area contributed by atoms with Crippen molar-refractivity contribution in [1.29, 1.82) is 0 Å². The van der Waals surface area contributed by atoms with Gasteiger partial charge in [0.2, 0.25) is 5.91 Å². The Hall–Kier alpha value is -1.84. The van der Waals surface area contributed by atoms with Crippen molar-refractivity contribution >= 4 is 11.9 Å². The number of carbonyl (C=O) groups is 2. The van der Waals surface area contributed by atoms with E-state index in [9.17, 15) is 9.59 Å². The topological polar surface area (TPSA) is 66.4 Å². The fourth-order valence-corrected chi connectivity index (χ4v) is 2.22. The van der Waals surface area contributed by atoms with Crippen LogP contribution >= 0.6 is 0 Å². The maximum absolute atomic E-state index is 11.9. The van der Waals surface area contributed by atoms with Crippen molar-refractivity contribution in [3.05, 3.63) is 35.4 Å². The summed E-state index contributed by atoms with van der Waals surface area (Å²) in [7, 11) is 0. The number of benzene rings is 1. The summed E-state index contributed by atoms with van der Waals surface area (Å²) in [6.45, 7) is 5.98. The molecule has 0 aromatic heterocycles. The summed E-state index contributed by atoms with van der Waals surface area (Å²) in [5, 5.41) is 11.5. The molecule has 1 amide bonds. The van der Waals surface area contributed by atoms with Gasteiger partial charge in [-0.15, -0.1) is 0 Å². The number of carboxylic acid groups (broad SMARTS) is 1. The fourth-order valence-electron chi connectivity index (χ4n) is 2.22. The van der Waals surface area contributed by atoms with Crippen molar-refractivity contribution in [1.82, 2.24) is 5.32 Å². The van der Waals surface area contributed by atoms with Gasteiger partial charge in [0, 0.05) is 18.9 Å². The van der Waals surface area contributed by atoms with Crippen LogP contribution < -0.4 is 5.32 Å². The molecule has 2 unspecified atom stereocenters. The van der Waals surface area contributed by atoms with Gasteiger partial charge in [0.1, 0.15) is 0 Å². The van der Waals surface area contributed by atoms with Gasteiger partial charge >= 0.3 is 5.97 Å². The third kappa shape index (κ3) is 6.43. The summed E-state index contributed by atoms with van der Waals surface area (Å²) < 4.78 is 0. The molecule has 0 aliphatic carbocycles. The average Bonchev–Trinajstić information content (AvgIpc) is 2.45. The standard InChI is InChI=1S/C17H25NO3/c1-4-14-6-8-15(9-7-14)12(2)11-16(19)18-13(3)5-10-17(20)21/h6-9,12-13H,4-5,10-11H2,1-3H3,(H,18,19)(H,20,21). The summed E-state index contributed by atoms with van der Waals surface area (Å²) in [6, 6.07) is 8.23. The van der Waals surface area contributed by atoms with Crippen LogP contribution in [0.1, 0.15) is 57.1 Å². The van der Waals surface area contributed by atoms with Crippen LogP contribution in [0.4, 0.5) is 0 Å². The number of rotatable bonds is 8. The molecule has 1 aromatic rings. The molecule has 2 N–H and O–H groups in total. The Morgan fingerprint density at radius 1 is 1.19 bits per heavy atom. The molecule has 0 saturated carbocycles. The van der Waals surface area contributed by atoms with Gasteiger partial charge in [-0.05, 0) is 36.8 Å². The predicted octanol–water partition coefficient (Wildman–Crippen LogP) is 3.11. The lowest BCUT2D eigenvalue weighted by molar-refractivity contribution is -0.137. The molecule has 4 heteroatoms. The molecule has 0 fully saturated rings. The Kier molecular flexibility index (Phi) is 6.92. The Balaban J connectivity index is 2.43. The average molecular weight is 291 g/mol. The lowest BCUT2D eigenvalue weighted by atomic mass is 9.96. The van der Waals surface area contributed by atoms with E-state index < -0.39 is 5.97 Å². The Morgan fingerprint density at radius 3 is 2.33 bits per heavy atom. The van der Waals surface area contributed by atoms with E-state index in [-0.39, 0.29) is 24.3 Å². The molecule has 2 atom stereocenters. The third-order valence-electron chi connectivity index (χ3n) is 3.65. The SMILES string of the molecule is CCc1ccc(C(C)CC(=O)NC(C)CCC(=O)O)cc1. The molecule has 21 heavy (non-hydrogen) atoms. The number of nitrogens with one attached hydrogen (secondary N) is 1. The van der Waals surface area contributed by atoms with Crippen molar-refractivity contribution in [3.63, 3.8) is 0 Å². The largest absolute Gasteiger partial charge is 0.481 e. The number of hydrogen-bond donors (Lipinski definition) is 2. The fraction of sp³-hybridized carbons (Fsp3) is 0.529. The van der Waals surface area contributed by atoms with Crippen LogP contribution in [0.15, 0.2) is 24.3 Å². The van der Waals surface area contributed by atoms with E-state index in [1.807, 2.05) is 13.8 Å². The van der Waals surface area contributed by atoms with E-state index in [1.165, 1.54) is 5.56 Å². The van der Waals surface area contributed by atoms with Crippen molar-refractivity contribution in [3.8, 4) is 0 Å². The Morgan fingerprint density at radius 2 is 1.81 bits per heavy atom. The van der Waals surface area contributed by atoms with Crippen molar-refractivity contribution in [2.75, 3.05) is 0 Å². The zero-order valence-corrected chi connectivity index (χ0v) is 13.1. The molecule has 0 radical (unpaired) electrons. The second-order valence-corrected chi connectivity index (χ2v) is 5.60. The van der Waals surface area contributed by atoms with Crippen LogP contribution in [-0.4, -0.2) is 23.0 Å². The number of amides is 1. The highest BCUT2D eigenvalue weighted by Gasteiger charge is 2.14. The zero-order valence-electron chi connectivity index (χ0n) is 13.1. The molecular weight excluding hydrogens is 266 g/mol. The summed E-state index contributed by atoms with van der Waals surface area (Å²) >= 11 is 0. The van der Waals surface area contributed by atoms with E-state index in [1.54, 1.807) is 0 Å². The van der Waals surface area contributed by atoms with E-state index in [4.69, 9.17) is 5.11 Å². The highest BCUT2D eigenvalue weighted by atomic mass is 16.4. The molecule has 0 aliphatic heterocycles. The first-order valence-corrected chi connectivity index (χ1v) is 7.52. The quantitative estimate of drug-likeness (QED) is 0.773. The monoisotopic (exact) mass is 291 g/mol. The normalized spacial score (nSPS) is 13.5. The number of aryl methyl sites for hydroxylation is 1. The van der Waals surface area contributed by atoms with Crippen LogP contribution in [0.3, 0.4) is 0 Å². The Labute approximate surface area is 126 Å². The predicted molar refractivity (Wildman–Crippen MR) is 83.3 cm³/mol. The van der Waals surface area contributed by atoms with Crippen LogP contribution in [0.2, 0.25) is 0 Å². The molecule has 0 spiro atoms. The number of carbonyl (C=O) groups excluding carboxylic acids is 1. The summed E-state index contributed by atoms with van der Waals surface area (Å²) in [5.41, 5.74) is 2.44. The van der Waals surface area contributed by atoms with Gasteiger partial charge in [-0.3, -0.25) is 9.59 Å².